The van der Waals surface area contributed by atoms with Gasteiger partial charge in [0.2, 0.25) is 0 Å². The van der Waals surface area contributed by atoms with Crippen LogP contribution in [0.3, 0.4) is 0 Å². The fraction of sp³-hybridized carbons (Fsp3) is 0.417. The molecule has 80 valence electrons. The average molecular weight is 225 g/mol. The molecule has 1 fully saturated rings. The Labute approximate surface area is 93.9 Å². The largest absolute Gasteiger partial charge is 0.481 e. The fourth-order valence-electron chi connectivity index (χ4n) is 2.41. The third-order valence-electron chi connectivity index (χ3n) is 3.33. The number of aliphatic carboxylic acids is 1. The molecular formula is C12H13ClO2. The lowest BCUT2D eigenvalue weighted by atomic mass is 10.0. The van der Waals surface area contributed by atoms with Crippen LogP contribution in [0.2, 0.25) is 5.02 Å². The summed E-state index contributed by atoms with van der Waals surface area (Å²) in [6, 6.07) is 7.48. The average Bonchev–Trinajstić information content (AvgIpc) is 2.70. The molecule has 1 N–H and O–H groups in total. The van der Waals surface area contributed by atoms with E-state index in [0.29, 0.717) is 5.02 Å². The van der Waals surface area contributed by atoms with Crippen molar-refractivity contribution in [1.82, 2.24) is 0 Å². The Kier molecular flexibility index (Phi) is 2.27. The van der Waals surface area contributed by atoms with E-state index in [9.17, 15) is 4.79 Å². The zero-order valence-corrected chi connectivity index (χ0v) is 9.45. The van der Waals surface area contributed by atoms with Gasteiger partial charge in [0.25, 0.3) is 0 Å². The van der Waals surface area contributed by atoms with Crippen molar-refractivity contribution in [3.05, 3.63) is 34.9 Å². The topological polar surface area (TPSA) is 37.3 Å². The maximum absolute atomic E-state index is 11.0. The van der Waals surface area contributed by atoms with Crippen molar-refractivity contribution in [1.29, 1.82) is 0 Å². The molecule has 1 aromatic carbocycles. The number of carboxylic acid groups (broad SMARTS) is 1. The first-order valence-electron chi connectivity index (χ1n) is 4.93. The van der Waals surface area contributed by atoms with Crippen LogP contribution in [-0.2, 0) is 4.79 Å². The molecule has 15 heavy (non-hydrogen) atoms. The molecule has 0 aliphatic heterocycles. The highest BCUT2D eigenvalue weighted by Gasteiger charge is 2.63. The summed E-state index contributed by atoms with van der Waals surface area (Å²) in [6.45, 7) is 3.94. The van der Waals surface area contributed by atoms with Crippen molar-refractivity contribution in [3.63, 3.8) is 0 Å². The molecule has 0 aromatic heterocycles. The van der Waals surface area contributed by atoms with E-state index in [2.05, 4.69) is 0 Å². The Hall–Kier alpha value is -1.02. The van der Waals surface area contributed by atoms with Gasteiger partial charge in [0.1, 0.15) is 0 Å². The molecule has 2 nitrogen and oxygen atoms in total. The van der Waals surface area contributed by atoms with E-state index in [1.54, 1.807) is 0 Å². The molecule has 0 bridgehead atoms. The van der Waals surface area contributed by atoms with E-state index < -0.39 is 5.97 Å². The van der Waals surface area contributed by atoms with Crippen LogP contribution < -0.4 is 0 Å². The van der Waals surface area contributed by atoms with Crippen molar-refractivity contribution in [2.75, 3.05) is 0 Å². The molecule has 3 heteroatoms. The Morgan fingerprint density at radius 2 is 2.00 bits per heavy atom. The molecule has 1 aliphatic rings. The number of carbonyl (C=O) groups is 1. The molecule has 1 aliphatic carbocycles. The zero-order valence-electron chi connectivity index (χ0n) is 8.70. The first-order valence-corrected chi connectivity index (χ1v) is 5.31. The maximum Gasteiger partial charge on any atom is 0.307 e. The highest BCUT2D eigenvalue weighted by molar-refractivity contribution is 6.31. The lowest BCUT2D eigenvalue weighted by Crippen LogP contribution is -2.03. The summed E-state index contributed by atoms with van der Waals surface area (Å²) in [7, 11) is 0. The molecule has 0 heterocycles. The van der Waals surface area contributed by atoms with Gasteiger partial charge in [-0.15, -0.1) is 0 Å². The summed E-state index contributed by atoms with van der Waals surface area (Å²) >= 11 is 6.06. The minimum atomic E-state index is -0.732. The van der Waals surface area contributed by atoms with Gasteiger partial charge in [-0.2, -0.15) is 0 Å². The van der Waals surface area contributed by atoms with Gasteiger partial charge in [0.15, 0.2) is 0 Å². The minimum Gasteiger partial charge on any atom is -0.481 e. The van der Waals surface area contributed by atoms with Crippen LogP contribution in [0.5, 0.6) is 0 Å². The highest BCUT2D eigenvalue weighted by Crippen LogP contribution is 2.65. The minimum absolute atomic E-state index is 0.0451. The summed E-state index contributed by atoms with van der Waals surface area (Å²) in [4.78, 5) is 11.0. The number of benzene rings is 1. The standard InChI is InChI=1S/C12H13ClO2/c1-12(2)9(10(12)11(14)15)7-5-3-4-6-8(7)13/h3-6,9-10H,1-2H3,(H,14,15)/t9-,10+/m1/s1. The second-order valence-corrected chi connectivity index (χ2v) is 5.04. The number of halogens is 1. The van der Waals surface area contributed by atoms with Crippen LogP contribution in [0.4, 0.5) is 0 Å². The van der Waals surface area contributed by atoms with Crippen LogP contribution in [0.15, 0.2) is 24.3 Å². The Balaban J connectivity index is 2.36. The van der Waals surface area contributed by atoms with Gasteiger partial charge in [-0.25, -0.2) is 0 Å². The Morgan fingerprint density at radius 1 is 1.40 bits per heavy atom. The molecule has 2 atom stereocenters. The smallest absolute Gasteiger partial charge is 0.307 e. The SMILES string of the molecule is CC1(C)[C@H](C(=O)O)[C@H]1c1ccccc1Cl. The van der Waals surface area contributed by atoms with Gasteiger partial charge >= 0.3 is 5.97 Å². The number of rotatable bonds is 2. The van der Waals surface area contributed by atoms with Gasteiger partial charge in [-0.05, 0) is 17.0 Å². The van der Waals surface area contributed by atoms with Crippen LogP contribution in [-0.4, -0.2) is 11.1 Å². The molecule has 0 spiro atoms. The summed E-state index contributed by atoms with van der Waals surface area (Å²) in [5.41, 5.74) is 0.771. The van der Waals surface area contributed by atoms with E-state index in [1.807, 2.05) is 38.1 Å². The van der Waals surface area contributed by atoms with Crippen molar-refractivity contribution in [2.24, 2.45) is 11.3 Å². The Morgan fingerprint density at radius 3 is 2.47 bits per heavy atom. The van der Waals surface area contributed by atoms with Crippen molar-refractivity contribution >= 4 is 17.6 Å². The van der Waals surface area contributed by atoms with E-state index in [4.69, 9.17) is 16.7 Å². The summed E-state index contributed by atoms with van der Waals surface area (Å²) < 4.78 is 0. The van der Waals surface area contributed by atoms with Gasteiger partial charge in [-0.3, -0.25) is 4.79 Å². The molecule has 0 unspecified atom stereocenters. The molecule has 1 aromatic rings. The zero-order chi connectivity index (χ0) is 11.2. The molecular weight excluding hydrogens is 212 g/mol. The van der Waals surface area contributed by atoms with E-state index in [1.165, 1.54) is 0 Å². The number of hydrogen-bond acceptors (Lipinski definition) is 1. The van der Waals surface area contributed by atoms with Crippen molar-refractivity contribution < 1.29 is 9.90 Å². The molecule has 1 saturated carbocycles. The van der Waals surface area contributed by atoms with Crippen LogP contribution in [0.1, 0.15) is 25.3 Å². The fourth-order valence-corrected chi connectivity index (χ4v) is 2.66. The summed E-state index contributed by atoms with van der Waals surface area (Å²) in [5.74, 6) is -0.994. The van der Waals surface area contributed by atoms with E-state index in [0.717, 1.165) is 5.56 Å². The van der Waals surface area contributed by atoms with Gasteiger partial charge < -0.3 is 5.11 Å². The monoisotopic (exact) mass is 224 g/mol. The van der Waals surface area contributed by atoms with Crippen LogP contribution >= 0.6 is 11.6 Å². The summed E-state index contributed by atoms with van der Waals surface area (Å²) in [6.07, 6.45) is 0. The lowest BCUT2D eigenvalue weighted by molar-refractivity contribution is -0.139. The first-order chi connectivity index (χ1) is 6.96. The third-order valence-corrected chi connectivity index (χ3v) is 3.68. The third kappa shape index (κ3) is 1.53. The van der Waals surface area contributed by atoms with Crippen molar-refractivity contribution in [3.8, 4) is 0 Å². The Bertz CT molecular complexity index is 412. The first kappa shape index (κ1) is 10.5. The van der Waals surface area contributed by atoms with E-state index >= 15 is 0 Å². The predicted molar refractivity (Wildman–Crippen MR) is 59.1 cm³/mol. The highest BCUT2D eigenvalue weighted by atomic mass is 35.5. The van der Waals surface area contributed by atoms with Crippen LogP contribution in [0.25, 0.3) is 0 Å². The number of carboxylic acids is 1. The van der Waals surface area contributed by atoms with Gasteiger partial charge in [0.05, 0.1) is 5.92 Å². The predicted octanol–water partition coefficient (Wildman–Crippen LogP) is 3.16. The maximum atomic E-state index is 11.0. The van der Waals surface area contributed by atoms with Gasteiger partial charge in [0, 0.05) is 10.9 Å². The van der Waals surface area contributed by atoms with Crippen LogP contribution in [0, 0.1) is 11.3 Å². The second-order valence-electron chi connectivity index (χ2n) is 4.64. The number of hydrogen-bond donors (Lipinski definition) is 1. The summed E-state index contributed by atoms with van der Waals surface area (Å²) in [5, 5.41) is 9.73. The quantitative estimate of drug-likeness (QED) is 0.838. The second kappa shape index (κ2) is 3.24. The lowest BCUT2D eigenvalue weighted by Gasteiger charge is -2.04. The molecule has 0 radical (unpaired) electrons. The normalized spacial score (nSPS) is 27.4. The molecule has 2 rings (SSSR count). The van der Waals surface area contributed by atoms with Gasteiger partial charge in [-0.1, -0.05) is 43.6 Å². The van der Waals surface area contributed by atoms with E-state index in [-0.39, 0.29) is 17.3 Å². The molecule has 0 amide bonds. The van der Waals surface area contributed by atoms with Crippen molar-refractivity contribution in [2.45, 2.75) is 19.8 Å². The molecule has 0 saturated heterocycles.